The van der Waals surface area contributed by atoms with Crippen molar-refractivity contribution >= 4 is 34.0 Å². The Bertz CT molecular complexity index is 571. The summed E-state index contributed by atoms with van der Waals surface area (Å²) in [6.07, 6.45) is 0.800. The average Bonchev–Trinajstić information content (AvgIpc) is 2.86. The van der Waals surface area contributed by atoms with Crippen LogP contribution in [-0.4, -0.2) is 21.5 Å². The lowest BCUT2D eigenvalue weighted by atomic mass is 9.98. The van der Waals surface area contributed by atoms with Crippen LogP contribution in [0.3, 0.4) is 0 Å². The van der Waals surface area contributed by atoms with Crippen LogP contribution < -0.4 is 5.32 Å². The Hall–Kier alpha value is -1.46. The Morgan fingerprint density at radius 2 is 2.00 bits per heavy atom. The molecule has 0 saturated heterocycles. The van der Waals surface area contributed by atoms with E-state index in [1.165, 1.54) is 16.9 Å². The number of nitrogens with one attached hydrogen (secondary N) is 1. The summed E-state index contributed by atoms with van der Waals surface area (Å²) < 4.78 is 0. The van der Waals surface area contributed by atoms with Gasteiger partial charge in [0.25, 0.3) is 0 Å². The largest absolute Gasteiger partial charge is 0.299 e. The zero-order valence-electron chi connectivity index (χ0n) is 11.3. The molecule has 2 aromatic rings. The third-order valence-electron chi connectivity index (χ3n) is 2.91. The van der Waals surface area contributed by atoms with Crippen LogP contribution in [0.1, 0.15) is 30.3 Å². The van der Waals surface area contributed by atoms with Crippen molar-refractivity contribution in [3.63, 3.8) is 0 Å². The lowest BCUT2D eigenvalue weighted by Gasteiger charge is -2.08. The fourth-order valence-corrected chi connectivity index (χ4v) is 2.68. The van der Waals surface area contributed by atoms with Gasteiger partial charge in [-0.2, -0.15) is 0 Å². The van der Waals surface area contributed by atoms with E-state index in [4.69, 9.17) is 11.6 Å². The van der Waals surface area contributed by atoms with E-state index < -0.39 is 5.38 Å². The molecule has 1 N–H and O–H groups in total. The SMILES string of the molecule is C[C@H](Cc1nnc(NC(=O)[C@@H](C)Cl)s1)c1ccccc1. The molecule has 0 spiro atoms. The molecule has 1 aromatic heterocycles. The van der Waals surface area contributed by atoms with Gasteiger partial charge in [0.05, 0.1) is 0 Å². The van der Waals surface area contributed by atoms with Crippen molar-refractivity contribution in [1.82, 2.24) is 10.2 Å². The highest BCUT2D eigenvalue weighted by molar-refractivity contribution is 7.15. The van der Waals surface area contributed by atoms with Gasteiger partial charge in [-0.25, -0.2) is 0 Å². The number of carbonyl (C=O) groups excluding carboxylic acids is 1. The van der Waals surface area contributed by atoms with Crippen molar-refractivity contribution in [2.75, 3.05) is 5.32 Å². The molecule has 106 valence electrons. The van der Waals surface area contributed by atoms with Crippen molar-refractivity contribution < 1.29 is 4.79 Å². The first-order valence-corrected chi connectivity index (χ1v) is 7.64. The maximum absolute atomic E-state index is 11.5. The summed E-state index contributed by atoms with van der Waals surface area (Å²) in [6.45, 7) is 3.77. The van der Waals surface area contributed by atoms with Gasteiger partial charge in [-0.05, 0) is 18.4 Å². The van der Waals surface area contributed by atoms with Gasteiger partial charge < -0.3 is 0 Å². The number of aromatic nitrogens is 2. The number of rotatable bonds is 5. The molecule has 0 radical (unpaired) electrons. The van der Waals surface area contributed by atoms with E-state index in [0.29, 0.717) is 11.0 Å². The molecule has 0 unspecified atom stereocenters. The molecule has 0 bridgehead atoms. The Balaban J connectivity index is 1.98. The van der Waals surface area contributed by atoms with E-state index >= 15 is 0 Å². The van der Waals surface area contributed by atoms with Gasteiger partial charge in [-0.3, -0.25) is 10.1 Å². The van der Waals surface area contributed by atoms with E-state index in [1.807, 2.05) is 18.2 Å². The van der Waals surface area contributed by atoms with Crippen LogP contribution in [-0.2, 0) is 11.2 Å². The van der Waals surface area contributed by atoms with E-state index in [0.717, 1.165) is 11.4 Å². The van der Waals surface area contributed by atoms with E-state index in [-0.39, 0.29) is 5.91 Å². The maximum Gasteiger partial charge on any atom is 0.243 e. The number of hydrogen-bond donors (Lipinski definition) is 1. The molecule has 6 heteroatoms. The number of amides is 1. The molecular formula is C14H16ClN3OS. The molecule has 1 heterocycles. The quantitative estimate of drug-likeness (QED) is 0.861. The van der Waals surface area contributed by atoms with E-state index in [1.54, 1.807) is 6.92 Å². The topological polar surface area (TPSA) is 54.9 Å². The summed E-state index contributed by atoms with van der Waals surface area (Å²) in [6, 6.07) is 10.3. The molecule has 0 aliphatic rings. The fourth-order valence-electron chi connectivity index (χ4n) is 1.75. The van der Waals surface area contributed by atoms with Gasteiger partial charge in [-0.1, -0.05) is 48.6 Å². The van der Waals surface area contributed by atoms with Crippen LogP contribution in [0.5, 0.6) is 0 Å². The zero-order valence-corrected chi connectivity index (χ0v) is 12.9. The first-order valence-electron chi connectivity index (χ1n) is 6.38. The molecule has 20 heavy (non-hydrogen) atoms. The van der Waals surface area contributed by atoms with E-state index in [2.05, 4.69) is 34.6 Å². The fraction of sp³-hybridized carbons (Fsp3) is 0.357. The summed E-state index contributed by atoms with van der Waals surface area (Å²) in [5.74, 6) is 0.102. The Morgan fingerprint density at radius 1 is 1.30 bits per heavy atom. The van der Waals surface area contributed by atoms with Crippen LogP contribution >= 0.6 is 22.9 Å². The Labute approximate surface area is 127 Å². The van der Waals surface area contributed by atoms with Crippen molar-refractivity contribution in [3.05, 3.63) is 40.9 Å². The smallest absolute Gasteiger partial charge is 0.243 e. The third kappa shape index (κ3) is 4.02. The lowest BCUT2D eigenvalue weighted by molar-refractivity contribution is -0.115. The first-order chi connectivity index (χ1) is 9.56. The monoisotopic (exact) mass is 309 g/mol. The highest BCUT2D eigenvalue weighted by Gasteiger charge is 2.14. The van der Waals surface area contributed by atoms with Crippen LogP contribution in [0.25, 0.3) is 0 Å². The molecule has 0 aliphatic carbocycles. The normalized spacial score (nSPS) is 13.8. The molecule has 0 fully saturated rings. The number of nitrogens with zero attached hydrogens (tertiary/aromatic N) is 2. The molecule has 2 atom stereocenters. The number of halogens is 1. The maximum atomic E-state index is 11.5. The zero-order chi connectivity index (χ0) is 14.5. The highest BCUT2D eigenvalue weighted by Crippen LogP contribution is 2.24. The van der Waals surface area contributed by atoms with Crippen molar-refractivity contribution in [2.45, 2.75) is 31.6 Å². The minimum Gasteiger partial charge on any atom is -0.299 e. The predicted octanol–water partition coefficient (Wildman–Crippen LogP) is 3.45. The predicted molar refractivity (Wildman–Crippen MR) is 82.4 cm³/mol. The van der Waals surface area contributed by atoms with Crippen LogP contribution in [0.15, 0.2) is 30.3 Å². The molecular weight excluding hydrogens is 294 g/mol. The summed E-state index contributed by atoms with van der Waals surface area (Å²) in [7, 11) is 0. The summed E-state index contributed by atoms with van der Waals surface area (Å²) in [5, 5.41) is 11.5. The van der Waals surface area contributed by atoms with Crippen molar-refractivity contribution in [3.8, 4) is 0 Å². The molecule has 0 saturated carbocycles. The molecule has 0 aliphatic heterocycles. The van der Waals surface area contributed by atoms with Gasteiger partial charge in [-0.15, -0.1) is 21.8 Å². The van der Waals surface area contributed by atoms with Gasteiger partial charge in [0.1, 0.15) is 10.4 Å². The van der Waals surface area contributed by atoms with Crippen molar-refractivity contribution in [1.29, 1.82) is 0 Å². The van der Waals surface area contributed by atoms with Gasteiger partial charge in [0.2, 0.25) is 11.0 Å². The number of carbonyl (C=O) groups is 1. The second-order valence-electron chi connectivity index (χ2n) is 4.62. The Morgan fingerprint density at radius 3 is 2.65 bits per heavy atom. The lowest BCUT2D eigenvalue weighted by Crippen LogP contribution is -2.20. The van der Waals surface area contributed by atoms with E-state index in [9.17, 15) is 4.79 Å². The number of benzene rings is 1. The summed E-state index contributed by atoms with van der Waals surface area (Å²) in [4.78, 5) is 11.5. The highest BCUT2D eigenvalue weighted by atomic mass is 35.5. The number of anilines is 1. The molecule has 1 amide bonds. The molecule has 2 rings (SSSR count). The minimum absolute atomic E-state index is 0.259. The standard InChI is InChI=1S/C14H16ClN3OS/c1-9(11-6-4-3-5-7-11)8-12-17-18-14(20-12)16-13(19)10(2)15/h3-7,9-10H,8H2,1-2H3,(H,16,18,19)/t9-,10-/m1/s1. The van der Waals surface area contributed by atoms with Crippen LogP contribution in [0, 0.1) is 0 Å². The van der Waals surface area contributed by atoms with Crippen LogP contribution in [0.4, 0.5) is 5.13 Å². The number of hydrogen-bond acceptors (Lipinski definition) is 4. The number of alkyl halides is 1. The van der Waals surface area contributed by atoms with Crippen molar-refractivity contribution in [2.24, 2.45) is 0 Å². The third-order valence-corrected chi connectivity index (χ3v) is 3.97. The van der Waals surface area contributed by atoms with Crippen LogP contribution in [0.2, 0.25) is 0 Å². The Kier molecular flexibility index (Phi) is 5.09. The first kappa shape index (κ1) is 14.9. The van der Waals surface area contributed by atoms with Gasteiger partial charge in [0.15, 0.2) is 0 Å². The minimum atomic E-state index is -0.578. The second kappa shape index (κ2) is 6.81. The average molecular weight is 310 g/mol. The molecule has 4 nitrogen and oxygen atoms in total. The molecule has 1 aromatic carbocycles. The summed E-state index contributed by atoms with van der Waals surface area (Å²) >= 11 is 7.08. The van der Waals surface area contributed by atoms with Gasteiger partial charge >= 0.3 is 0 Å². The van der Waals surface area contributed by atoms with Gasteiger partial charge in [0, 0.05) is 6.42 Å². The summed E-state index contributed by atoms with van der Waals surface area (Å²) in [5.41, 5.74) is 1.27. The second-order valence-corrected chi connectivity index (χ2v) is 6.34.